The maximum absolute atomic E-state index is 12.6. The van der Waals surface area contributed by atoms with Crippen LogP contribution in [0.3, 0.4) is 0 Å². The van der Waals surface area contributed by atoms with Crippen LogP contribution in [0.2, 0.25) is 0 Å². The molecule has 2 aromatic heterocycles. The Kier molecular flexibility index (Phi) is 4.52. The van der Waals surface area contributed by atoms with Crippen LogP contribution in [-0.2, 0) is 0 Å². The number of benzene rings is 1. The number of pyridine rings is 2. The number of thioether (sulfide) groups is 1. The molecule has 1 saturated heterocycles. The number of aromatic nitrogens is 2. The van der Waals surface area contributed by atoms with Gasteiger partial charge in [-0.1, -0.05) is 18.2 Å². The van der Waals surface area contributed by atoms with Crippen molar-refractivity contribution in [3.05, 3.63) is 60.4 Å². The summed E-state index contributed by atoms with van der Waals surface area (Å²) in [5.41, 5.74) is 1.98. The minimum Gasteiger partial charge on any atom is -0.473 e. The maximum atomic E-state index is 12.6. The van der Waals surface area contributed by atoms with Crippen molar-refractivity contribution in [3.63, 3.8) is 0 Å². The number of amides is 1. The third kappa shape index (κ3) is 3.58. The van der Waals surface area contributed by atoms with Crippen LogP contribution in [0.25, 0.3) is 10.9 Å². The molecule has 0 radical (unpaired) electrons. The molecule has 1 aromatic carbocycles. The van der Waals surface area contributed by atoms with E-state index in [1.807, 2.05) is 42.1 Å². The predicted molar refractivity (Wildman–Crippen MR) is 100 cm³/mol. The third-order valence-electron chi connectivity index (χ3n) is 4.05. The molecule has 3 aromatic rings. The zero-order chi connectivity index (χ0) is 17.1. The second-order valence-electron chi connectivity index (χ2n) is 5.82. The number of hydrogen-bond donors (Lipinski definition) is 1. The summed E-state index contributed by atoms with van der Waals surface area (Å²) in [6, 6.07) is 12.9. The molecule has 1 fully saturated rings. The summed E-state index contributed by atoms with van der Waals surface area (Å²) in [5, 5.41) is 3.92. The van der Waals surface area contributed by atoms with E-state index in [0.717, 1.165) is 28.8 Å². The van der Waals surface area contributed by atoms with Gasteiger partial charge in [0.05, 0.1) is 11.2 Å². The van der Waals surface area contributed by atoms with Gasteiger partial charge in [0, 0.05) is 35.2 Å². The fraction of sp³-hybridized carbons (Fsp3) is 0.211. The zero-order valence-electron chi connectivity index (χ0n) is 13.5. The van der Waals surface area contributed by atoms with Crippen LogP contribution in [0.4, 0.5) is 5.69 Å². The van der Waals surface area contributed by atoms with Crippen molar-refractivity contribution in [2.45, 2.75) is 12.5 Å². The van der Waals surface area contributed by atoms with E-state index in [0.29, 0.717) is 17.1 Å². The average molecular weight is 351 g/mol. The highest BCUT2D eigenvalue weighted by atomic mass is 32.2. The molecule has 0 bridgehead atoms. The number of ether oxygens (including phenoxy) is 1. The van der Waals surface area contributed by atoms with Crippen molar-refractivity contribution in [2.24, 2.45) is 0 Å². The minimum absolute atomic E-state index is 0.179. The Labute approximate surface area is 149 Å². The quantitative estimate of drug-likeness (QED) is 0.775. The van der Waals surface area contributed by atoms with Crippen LogP contribution in [0.5, 0.6) is 5.88 Å². The number of carbonyl (C=O) groups excluding carboxylic acids is 1. The second kappa shape index (κ2) is 7.11. The van der Waals surface area contributed by atoms with E-state index in [9.17, 15) is 4.79 Å². The SMILES string of the molecule is O=C(Nc1cccc2cccnc12)c1ccnc(O[C@H]2CCSC2)c1. The lowest BCUT2D eigenvalue weighted by Crippen LogP contribution is -2.17. The van der Waals surface area contributed by atoms with E-state index >= 15 is 0 Å². The summed E-state index contributed by atoms with van der Waals surface area (Å²) in [6.45, 7) is 0. The summed E-state index contributed by atoms with van der Waals surface area (Å²) in [7, 11) is 0. The Bertz CT molecular complexity index is 905. The van der Waals surface area contributed by atoms with Gasteiger partial charge in [0.1, 0.15) is 6.10 Å². The van der Waals surface area contributed by atoms with Gasteiger partial charge in [-0.3, -0.25) is 9.78 Å². The molecule has 5 nitrogen and oxygen atoms in total. The van der Waals surface area contributed by atoms with Gasteiger partial charge in [-0.05, 0) is 30.4 Å². The molecule has 0 saturated carbocycles. The van der Waals surface area contributed by atoms with E-state index in [-0.39, 0.29) is 12.0 Å². The first-order chi connectivity index (χ1) is 12.3. The first kappa shape index (κ1) is 15.9. The largest absolute Gasteiger partial charge is 0.473 e. The number of fused-ring (bicyclic) bond motifs is 1. The van der Waals surface area contributed by atoms with Crippen molar-refractivity contribution in [1.29, 1.82) is 0 Å². The van der Waals surface area contributed by atoms with Crippen molar-refractivity contribution < 1.29 is 9.53 Å². The van der Waals surface area contributed by atoms with Crippen LogP contribution in [-0.4, -0.2) is 33.5 Å². The molecule has 4 rings (SSSR count). The molecule has 0 unspecified atom stereocenters. The van der Waals surface area contributed by atoms with E-state index < -0.39 is 0 Å². The van der Waals surface area contributed by atoms with Crippen LogP contribution in [0.15, 0.2) is 54.9 Å². The van der Waals surface area contributed by atoms with Gasteiger partial charge < -0.3 is 10.1 Å². The molecule has 0 aliphatic carbocycles. The maximum Gasteiger partial charge on any atom is 0.255 e. The molecule has 1 aliphatic rings. The van der Waals surface area contributed by atoms with Gasteiger partial charge in [-0.2, -0.15) is 11.8 Å². The lowest BCUT2D eigenvalue weighted by molar-refractivity contribution is 0.102. The molecule has 1 aliphatic heterocycles. The fourth-order valence-corrected chi connectivity index (χ4v) is 3.89. The predicted octanol–water partition coefficient (Wildman–Crippen LogP) is 3.77. The summed E-state index contributed by atoms with van der Waals surface area (Å²) in [6.07, 6.45) is 4.52. The average Bonchev–Trinajstić information content (AvgIpc) is 3.15. The Morgan fingerprint density at radius 2 is 2.08 bits per heavy atom. The number of rotatable bonds is 4. The Hall–Kier alpha value is -2.60. The summed E-state index contributed by atoms with van der Waals surface area (Å²) in [5.74, 6) is 2.38. The van der Waals surface area contributed by atoms with Gasteiger partial charge in [-0.15, -0.1) is 0 Å². The van der Waals surface area contributed by atoms with Crippen LogP contribution in [0.1, 0.15) is 16.8 Å². The van der Waals surface area contributed by atoms with Crippen LogP contribution >= 0.6 is 11.8 Å². The molecule has 126 valence electrons. The van der Waals surface area contributed by atoms with Crippen LogP contribution in [0, 0.1) is 0 Å². The normalized spacial score (nSPS) is 16.7. The highest BCUT2D eigenvalue weighted by Crippen LogP contribution is 2.24. The highest BCUT2D eigenvalue weighted by molar-refractivity contribution is 7.99. The Morgan fingerprint density at radius 1 is 1.16 bits per heavy atom. The molecular formula is C19H17N3O2S. The fourth-order valence-electron chi connectivity index (χ4n) is 2.79. The van der Waals surface area contributed by atoms with E-state index in [1.165, 1.54) is 0 Å². The topological polar surface area (TPSA) is 64.1 Å². The van der Waals surface area contributed by atoms with E-state index in [2.05, 4.69) is 15.3 Å². The zero-order valence-corrected chi connectivity index (χ0v) is 14.3. The summed E-state index contributed by atoms with van der Waals surface area (Å²) >= 11 is 1.88. The van der Waals surface area contributed by atoms with E-state index in [1.54, 1.807) is 24.5 Å². The standard InChI is InChI=1S/C19H17N3O2S/c23-19(22-16-5-1-3-13-4-2-8-21-18(13)16)14-6-9-20-17(11-14)24-15-7-10-25-12-15/h1-6,8-9,11,15H,7,10,12H2,(H,22,23)/t15-/m0/s1. The molecule has 1 amide bonds. The van der Waals surface area contributed by atoms with Crippen molar-refractivity contribution in [1.82, 2.24) is 9.97 Å². The highest BCUT2D eigenvalue weighted by Gasteiger charge is 2.18. The lowest BCUT2D eigenvalue weighted by Gasteiger charge is -2.12. The molecule has 6 heteroatoms. The second-order valence-corrected chi connectivity index (χ2v) is 6.97. The lowest BCUT2D eigenvalue weighted by atomic mass is 10.2. The van der Waals surface area contributed by atoms with Crippen LogP contribution < -0.4 is 10.1 Å². The number of nitrogens with one attached hydrogen (secondary N) is 1. The number of anilines is 1. The summed E-state index contributed by atoms with van der Waals surface area (Å²) < 4.78 is 5.86. The van der Waals surface area contributed by atoms with Gasteiger partial charge >= 0.3 is 0 Å². The van der Waals surface area contributed by atoms with Crippen molar-refractivity contribution in [3.8, 4) is 5.88 Å². The van der Waals surface area contributed by atoms with Crippen molar-refractivity contribution in [2.75, 3.05) is 16.8 Å². The van der Waals surface area contributed by atoms with Gasteiger partial charge in [0.15, 0.2) is 0 Å². The smallest absolute Gasteiger partial charge is 0.255 e. The van der Waals surface area contributed by atoms with Gasteiger partial charge in [0.2, 0.25) is 5.88 Å². The van der Waals surface area contributed by atoms with Gasteiger partial charge in [0.25, 0.3) is 5.91 Å². The number of nitrogens with zero attached hydrogens (tertiary/aromatic N) is 2. The molecule has 3 heterocycles. The first-order valence-electron chi connectivity index (χ1n) is 8.15. The minimum atomic E-state index is -0.203. The molecule has 25 heavy (non-hydrogen) atoms. The number of carbonyl (C=O) groups is 1. The molecular weight excluding hydrogens is 334 g/mol. The van der Waals surface area contributed by atoms with Crippen molar-refractivity contribution >= 4 is 34.3 Å². The number of para-hydroxylation sites is 1. The third-order valence-corrected chi connectivity index (χ3v) is 5.19. The Morgan fingerprint density at radius 3 is 2.96 bits per heavy atom. The Balaban J connectivity index is 1.54. The van der Waals surface area contributed by atoms with E-state index in [4.69, 9.17) is 4.74 Å². The molecule has 1 atom stereocenters. The number of hydrogen-bond acceptors (Lipinski definition) is 5. The molecule has 0 spiro atoms. The summed E-state index contributed by atoms with van der Waals surface area (Å²) in [4.78, 5) is 21.2. The first-order valence-corrected chi connectivity index (χ1v) is 9.30. The molecule has 1 N–H and O–H groups in total. The van der Waals surface area contributed by atoms with Gasteiger partial charge in [-0.25, -0.2) is 4.98 Å². The monoisotopic (exact) mass is 351 g/mol.